The van der Waals surface area contributed by atoms with Crippen molar-refractivity contribution < 1.29 is 4.39 Å². The van der Waals surface area contributed by atoms with Crippen molar-refractivity contribution >= 4 is 12.7 Å². The van der Waals surface area contributed by atoms with Gasteiger partial charge in [0.25, 0.3) is 0 Å². The van der Waals surface area contributed by atoms with Crippen LogP contribution in [0.25, 0.3) is 0 Å². The second-order valence-corrected chi connectivity index (χ2v) is 6.23. The average Bonchev–Trinajstić information content (AvgIpc) is 2.67. The van der Waals surface area contributed by atoms with E-state index in [1.165, 1.54) is 16.6 Å². The highest BCUT2D eigenvalue weighted by Crippen LogP contribution is 2.34. The van der Waals surface area contributed by atoms with Crippen LogP contribution in [0.1, 0.15) is 23.5 Å². The Morgan fingerprint density at radius 1 is 1.05 bits per heavy atom. The molecule has 22 heavy (non-hydrogen) atoms. The van der Waals surface area contributed by atoms with Gasteiger partial charge in [-0.3, -0.25) is 0 Å². The summed E-state index contributed by atoms with van der Waals surface area (Å²) < 4.78 is 14.4. The first-order valence-corrected chi connectivity index (χ1v) is 7.83. The third-order valence-electron chi connectivity index (χ3n) is 4.33. The molecule has 0 saturated carbocycles. The first-order chi connectivity index (χ1) is 10.6. The molecule has 1 unspecified atom stereocenters. The van der Waals surface area contributed by atoms with Gasteiger partial charge in [-0.1, -0.05) is 53.5 Å². The average molecular weight is 293 g/mol. The summed E-state index contributed by atoms with van der Waals surface area (Å²) in [5.41, 5.74) is 4.81. The Morgan fingerprint density at radius 2 is 1.73 bits per heavy atom. The van der Waals surface area contributed by atoms with Crippen molar-refractivity contribution in [1.82, 2.24) is 4.90 Å². The van der Waals surface area contributed by atoms with E-state index in [2.05, 4.69) is 35.4 Å². The largest absolute Gasteiger partial charge is 0.384 e. The standard InChI is InChI=1S/C19H21BFN/c1-22(2)13-14-11-17(16-8-4-6-10-19(16)21)15-7-3-5-9-18(15)20-12-14/h3-10,13,17,20H,11-12H2,1-2H3/b14-13+. The molecule has 1 nitrogen and oxygen atoms in total. The van der Waals surface area contributed by atoms with E-state index in [9.17, 15) is 4.39 Å². The molecule has 1 aliphatic rings. The third kappa shape index (κ3) is 3.08. The second-order valence-electron chi connectivity index (χ2n) is 6.23. The first kappa shape index (κ1) is 14.9. The predicted molar refractivity (Wildman–Crippen MR) is 92.7 cm³/mol. The molecule has 0 spiro atoms. The van der Waals surface area contributed by atoms with Gasteiger partial charge in [0.2, 0.25) is 0 Å². The highest BCUT2D eigenvalue weighted by molar-refractivity contribution is 6.55. The molecular weight excluding hydrogens is 272 g/mol. The van der Waals surface area contributed by atoms with E-state index in [0.29, 0.717) is 0 Å². The van der Waals surface area contributed by atoms with Crippen molar-refractivity contribution in [1.29, 1.82) is 0 Å². The van der Waals surface area contributed by atoms with Crippen LogP contribution in [-0.4, -0.2) is 26.3 Å². The fraction of sp³-hybridized carbons (Fsp3) is 0.263. The van der Waals surface area contributed by atoms with E-state index in [0.717, 1.165) is 25.6 Å². The van der Waals surface area contributed by atoms with E-state index in [4.69, 9.17) is 0 Å². The number of benzene rings is 2. The summed E-state index contributed by atoms with van der Waals surface area (Å²) in [6, 6.07) is 15.7. The van der Waals surface area contributed by atoms with Gasteiger partial charge in [-0.15, -0.1) is 0 Å². The Morgan fingerprint density at radius 3 is 2.45 bits per heavy atom. The zero-order chi connectivity index (χ0) is 15.5. The summed E-state index contributed by atoms with van der Waals surface area (Å²) >= 11 is 0. The number of nitrogens with zero attached hydrogens (tertiary/aromatic N) is 1. The Labute approximate surface area is 132 Å². The van der Waals surface area contributed by atoms with Crippen LogP contribution in [0.3, 0.4) is 0 Å². The molecule has 0 N–H and O–H groups in total. The van der Waals surface area contributed by atoms with Gasteiger partial charge in [-0.2, -0.15) is 0 Å². The van der Waals surface area contributed by atoms with E-state index < -0.39 is 0 Å². The highest BCUT2D eigenvalue weighted by atomic mass is 19.1. The monoisotopic (exact) mass is 293 g/mol. The minimum absolute atomic E-state index is 0.103. The van der Waals surface area contributed by atoms with Gasteiger partial charge in [0.05, 0.1) is 0 Å². The van der Waals surface area contributed by atoms with Crippen LogP contribution in [-0.2, 0) is 0 Å². The molecule has 2 aromatic carbocycles. The summed E-state index contributed by atoms with van der Waals surface area (Å²) in [7, 11) is 5.12. The van der Waals surface area contributed by atoms with Gasteiger partial charge in [-0.05, 0) is 36.1 Å². The van der Waals surface area contributed by atoms with Crippen LogP contribution in [0, 0.1) is 5.82 Å². The topological polar surface area (TPSA) is 3.24 Å². The minimum atomic E-state index is -0.103. The molecule has 1 heterocycles. The van der Waals surface area contributed by atoms with Gasteiger partial charge in [0, 0.05) is 20.0 Å². The summed E-state index contributed by atoms with van der Waals surface area (Å²) in [4.78, 5) is 2.09. The zero-order valence-electron chi connectivity index (χ0n) is 13.2. The normalized spacial score (nSPS) is 19.2. The Bertz CT molecular complexity index is 693. The lowest BCUT2D eigenvalue weighted by Gasteiger charge is -2.20. The van der Waals surface area contributed by atoms with E-state index >= 15 is 0 Å². The summed E-state index contributed by atoms with van der Waals surface area (Å²) in [6.07, 6.45) is 4.12. The van der Waals surface area contributed by atoms with Gasteiger partial charge in [-0.25, -0.2) is 4.39 Å². The van der Waals surface area contributed by atoms with Crippen molar-refractivity contribution in [3.05, 3.63) is 77.2 Å². The van der Waals surface area contributed by atoms with Crippen molar-refractivity contribution in [2.45, 2.75) is 18.7 Å². The second kappa shape index (κ2) is 6.39. The van der Waals surface area contributed by atoms with Crippen LogP contribution in [0.5, 0.6) is 0 Å². The molecule has 0 aromatic heterocycles. The van der Waals surface area contributed by atoms with Gasteiger partial charge >= 0.3 is 0 Å². The zero-order valence-corrected chi connectivity index (χ0v) is 13.2. The quantitative estimate of drug-likeness (QED) is 0.768. The van der Waals surface area contributed by atoms with Crippen LogP contribution in [0.15, 0.2) is 60.3 Å². The van der Waals surface area contributed by atoms with E-state index in [-0.39, 0.29) is 11.7 Å². The van der Waals surface area contributed by atoms with Crippen LogP contribution >= 0.6 is 0 Å². The van der Waals surface area contributed by atoms with Gasteiger partial charge in [0.15, 0.2) is 7.28 Å². The maximum Gasteiger partial charge on any atom is 0.162 e. The Balaban J connectivity index is 2.09. The van der Waals surface area contributed by atoms with Crippen LogP contribution in [0.2, 0.25) is 6.32 Å². The molecular formula is C19H21BFN. The molecule has 0 aliphatic carbocycles. The molecule has 3 rings (SSSR count). The molecule has 3 heteroatoms. The maximum atomic E-state index is 14.4. The fourth-order valence-corrected chi connectivity index (χ4v) is 3.39. The summed E-state index contributed by atoms with van der Waals surface area (Å²) in [5, 5.41) is 0. The number of hydrogen-bond donors (Lipinski definition) is 0. The van der Waals surface area contributed by atoms with Crippen LogP contribution in [0.4, 0.5) is 4.39 Å². The van der Waals surface area contributed by atoms with Gasteiger partial charge in [0.1, 0.15) is 5.82 Å². The van der Waals surface area contributed by atoms with Crippen molar-refractivity contribution in [2.75, 3.05) is 14.1 Å². The fourth-order valence-electron chi connectivity index (χ4n) is 3.39. The first-order valence-electron chi connectivity index (χ1n) is 7.83. The number of hydrogen-bond acceptors (Lipinski definition) is 1. The van der Waals surface area contributed by atoms with Crippen LogP contribution < -0.4 is 5.46 Å². The molecule has 0 amide bonds. The molecule has 2 aromatic rings. The van der Waals surface area contributed by atoms with Gasteiger partial charge < -0.3 is 4.90 Å². The smallest absolute Gasteiger partial charge is 0.162 e. The molecule has 1 aliphatic heterocycles. The number of rotatable bonds is 2. The molecule has 0 radical (unpaired) electrons. The summed E-state index contributed by atoms with van der Waals surface area (Å²) in [6.45, 7) is 0. The highest BCUT2D eigenvalue weighted by Gasteiger charge is 2.24. The molecule has 1 atom stereocenters. The van der Waals surface area contributed by atoms with E-state index in [1.54, 1.807) is 12.1 Å². The molecule has 0 fully saturated rings. The SMILES string of the molecule is CN(C)/C=C1/CBc2ccccc2C(c2ccccc2F)C1. The lowest BCUT2D eigenvalue weighted by molar-refractivity contribution is 0.550. The lowest BCUT2D eigenvalue weighted by atomic mass is 9.65. The predicted octanol–water partition coefficient (Wildman–Crippen LogP) is 3.29. The molecule has 0 bridgehead atoms. The van der Waals surface area contributed by atoms with Crippen molar-refractivity contribution in [2.24, 2.45) is 0 Å². The third-order valence-corrected chi connectivity index (χ3v) is 4.33. The Kier molecular flexibility index (Phi) is 4.33. The number of fused-ring (bicyclic) bond motifs is 1. The molecule has 112 valence electrons. The maximum absolute atomic E-state index is 14.4. The molecule has 0 saturated heterocycles. The minimum Gasteiger partial charge on any atom is -0.384 e. The van der Waals surface area contributed by atoms with E-state index in [1.807, 2.05) is 26.2 Å². The summed E-state index contributed by atoms with van der Waals surface area (Å²) in [5.74, 6) is -0.000457. The number of allylic oxidation sites excluding steroid dienone is 1. The van der Waals surface area contributed by atoms with Crippen molar-refractivity contribution in [3.63, 3.8) is 0 Å². The Hall–Kier alpha value is -2.03. The lowest BCUT2D eigenvalue weighted by Crippen LogP contribution is -2.19. The van der Waals surface area contributed by atoms with Crippen molar-refractivity contribution in [3.8, 4) is 0 Å². The number of halogens is 1.